The summed E-state index contributed by atoms with van der Waals surface area (Å²) >= 11 is 1.80. The van der Waals surface area contributed by atoms with Crippen molar-refractivity contribution in [2.45, 2.75) is 43.2 Å². The maximum atomic E-state index is 11.8. The van der Waals surface area contributed by atoms with E-state index >= 15 is 0 Å². The Morgan fingerprint density at radius 2 is 1.88 bits per heavy atom. The van der Waals surface area contributed by atoms with Crippen molar-refractivity contribution in [3.8, 4) is 0 Å². The molecule has 1 fully saturated rings. The minimum Gasteiger partial charge on any atom is -0.335 e. The van der Waals surface area contributed by atoms with Gasteiger partial charge in [-0.2, -0.15) is 24.9 Å². The zero-order chi connectivity index (χ0) is 12.9. The van der Waals surface area contributed by atoms with Crippen molar-refractivity contribution in [1.29, 1.82) is 0 Å². The number of halogens is 3. The Labute approximate surface area is 103 Å². The quantitative estimate of drug-likeness (QED) is 0.827. The molecule has 0 unspecified atom stereocenters. The van der Waals surface area contributed by atoms with Crippen molar-refractivity contribution in [3.63, 3.8) is 0 Å². The summed E-state index contributed by atoms with van der Waals surface area (Å²) in [5, 5.41) is 5.01. The first-order chi connectivity index (χ1) is 7.90. The summed E-state index contributed by atoms with van der Waals surface area (Å²) in [6.45, 7) is -1.28. The summed E-state index contributed by atoms with van der Waals surface area (Å²) in [6, 6.07) is -0.721. The fourth-order valence-electron chi connectivity index (χ4n) is 1.86. The summed E-state index contributed by atoms with van der Waals surface area (Å²) in [5.41, 5.74) is 0. The molecule has 0 heterocycles. The predicted octanol–water partition coefficient (Wildman–Crippen LogP) is 2.52. The third-order valence-electron chi connectivity index (χ3n) is 2.79. The molecule has 0 aromatic carbocycles. The van der Waals surface area contributed by atoms with Crippen LogP contribution < -0.4 is 10.6 Å². The Hall–Kier alpha value is -0.590. The largest absolute Gasteiger partial charge is 0.405 e. The van der Waals surface area contributed by atoms with Gasteiger partial charge in [-0.1, -0.05) is 0 Å². The van der Waals surface area contributed by atoms with Crippen molar-refractivity contribution in [1.82, 2.24) is 10.6 Å². The lowest BCUT2D eigenvalue weighted by Gasteiger charge is -2.28. The van der Waals surface area contributed by atoms with Crippen LogP contribution in [0.2, 0.25) is 0 Å². The highest BCUT2D eigenvalue weighted by Crippen LogP contribution is 2.26. The average Bonchev–Trinajstić information content (AvgIpc) is 2.27. The first-order valence-electron chi connectivity index (χ1n) is 5.54. The van der Waals surface area contributed by atoms with E-state index < -0.39 is 18.8 Å². The minimum absolute atomic E-state index is 0.00614. The normalized spacial score (nSPS) is 25.4. The summed E-state index contributed by atoms with van der Waals surface area (Å²) < 4.78 is 35.5. The van der Waals surface area contributed by atoms with E-state index in [4.69, 9.17) is 0 Å². The first-order valence-corrected chi connectivity index (χ1v) is 6.83. The second kappa shape index (κ2) is 6.37. The van der Waals surface area contributed by atoms with Gasteiger partial charge in [0.05, 0.1) is 0 Å². The molecule has 17 heavy (non-hydrogen) atoms. The highest BCUT2D eigenvalue weighted by molar-refractivity contribution is 7.99. The lowest BCUT2D eigenvalue weighted by Crippen LogP contribution is -2.46. The van der Waals surface area contributed by atoms with Crippen LogP contribution in [0.4, 0.5) is 18.0 Å². The number of hydrogen-bond acceptors (Lipinski definition) is 2. The third kappa shape index (κ3) is 6.05. The number of hydrogen-bond donors (Lipinski definition) is 2. The van der Waals surface area contributed by atoms with Crippen molar-refractivity contribution < 1.29 is 18.0 Å². The molecule has 1 rings (SSSR count). The standard InChI is InChI=1S/C10H17F3N2OS/c1-17-8-4-2-7(3-5-8)15-9(16)14-6-10(11,12)13/h7-8H,2-6H2,1H3,(H2,14,15,16). The predicted molar refractivity (Wildman–Crippen MR) is 62.1 cm³/mol. The molecule has 1 aliphatic carbocycles. The van der Waals surface area contributed by atoms with Gasteiger partial charge in [-0.3, -0.25) is 0 Å². The summed E-state index contributed by atoms with van der Waals surface area (Å²) in [4.78, 5) is 11.2. The zero-order valence-corrected chi connectivity index (χ0v) is 10.5. The van der Waals surface area contributed by atoms with Crippen LogP contribution in [0.25, 0.3) is 0 Å². The first kappa shape index (κ1) is 14.5. The highest BCUT2D eigenvalue weighted by Gasteiger charge is 2.28. The number of urea groups is 1. The summed E-state index contributed by atoms with van der Waals surface area (Å²) in [6.07, 6.45) is 1.38. The van der Waals surface area contributed by atoms with Crippen LogP contribution >= 0.6 is 11.8 Å². The molecule has 2 amide bonds. The van der Waals surface area contributed by atoms with E-state index in [1.807, 2.05) is 5.32 Å². The van der Waals surface area contributed by atoms with Gasteiger partial charge in [0.2, 0.25) is 0 Å². The van der Waals surface area contributed by atoms with E-state index in [1.165, 1.54) is 0 Å². The molecule has 0 aromatic rings. The van der Waals surface area contributed by atoms with Crippen molar-refractivity contribution in [2.75, 3.05) is 12.8 Å². The van der Waals surface area contributed by atoms with E-state index in [1.54, 1.807) is 11.8 Å². The molecule has 1 saturated carbocycles. The summed E-state index contributed by atoms with van der Waals surface area (Å²) in [5.74, 6) is 0. The fraction of sp³-hybridized carbons (Fsp3) is 0.900. The van der Waals surface area contributed by atoms with Crippen LogP contribution in [-0.2, 0) is 0 Å². The Morgan fingerprint density at radius 3 is 2.35 bits per heavy atom. The van der Waals surface area contributed by atoms with E-state index in [9.17, 15) is 18.0 Å². The number of rotatable bonds is 3. The topological polar surface area (TPSA) is 41.1 Å². The van der Waals surface area contributed by atoms with Gasteiger partial charge in [-0.25, -0.2) is 4.79 Å². The Bertz CT molecular complexity index is 252. The molecule has 0 aromatic heterocycles. The molecule has 0 bridgehead atoms. The van der Waals surface area contributed by atoms with E-state index in [2.05, 4.69) is 11.6 Å². The zero-order valence-electron chi connectivity index (χ0n) is 9.64. The maximum absolute atomic E-state index is 11.8. The van der Waals surface area contributed by atoms with Gasteiger partial charge < -0.3 is 10.6 Å². The van der Waals surface area contributed by atoms with E-state index in [0.29, 0.717) is 5.25 Å². The lowest BCUT2D eigenvalue weighted by atomic mass is 9.95. The number of alkyl halides is 3. The summed E-state index contributed by atoms with van der Waals surface area (Å²) in [7, 11) is 0. The van der Waals surface area contributed by atoms with Gasteiger partial charge in [0.1, 0.15) is 6.54 Å². The van der Waals surface area contributed by atoms with Crippen molar-refractivity contribution in [3.05, 3.63) is 0 Å². The number of amides is 2. The highest BCUT2D eigenvalue weighted by atomic mass is 32.2. The Morgan fingerprint density at radius 1 is 1.29 bits per heavy atom. The van der Waals surface area contributed by atoms with Gasteiger partial charge in [0.15, 0.2) is 0 Å². The molecule has 0 atom stereocenters. The van der Waals surface area contributed by atoms with Crippen molar-refractivity contribution in [2.24, 2.45) is 0 Å². The second-order valence-corrected chi connectivity index (χ2v) is 5.29. The molecule has 0 radical (unpaired) electrons. The third-order valence-corrected chi connectivity index (χ3v) is 3.93. The fourth-order valence-corrected chi connectivity index (χ4v) is 2.60. The monoisotopic (exact) mass is 270 g/mol. The van der Waals surface area contributed by atoms with Crippen LogP contribution in [0.5, 0.6) is 0 Å². The average molecular weight is 270 g/mol. The second-order valence-electron chi connectivity index (χ2n) is 4.15. The smallest absolute Gasteiger partial charge is 0.335 e. The number of carbonyl (C=O) groups excluding carboxylic acids is 1. The SMILES string of the molecule is CSC1CCC(NC(=O)NCC(F)(F)F)CC1. The van der Waals surface area contributed by atoms with Crippen LogP contribution in [0.15, 0.2) is 0 Å². The van der Waals surface area contributed by atoms with Gasteiger partial charge in [0.25, 0.3) is 0 Å². The molecule has 3 nitrogen and oxygen atoms in total. The molecule has 1 aliphatic rings. The molecule has 7 heteroatoms. The van der Waals surface area contributed by atoms with Crippen LogP contribution in [0, 0.1) is 0 Å². The number of thioether (sulfide) groups is 1. The molecular weight excluding hydrogens is 253 g/mol. The minimum atomic E-state index is -4.35. The van der Waals surface area contributed by atoms with Crippen LogP contribution in [0.3, 0.4) is 0 Å². The maximum Gasteiger partial charge on any atom is 0.405 e. The van der Waals surface area contributed by atoms with Crippen molar-refractivity contribution >= 4 is 17.8 Å². The molecule has 0 spiro atoms. The van der Waals surface area contributed by atoms with Gasteiger partial charge in [-0.05, 0) is 31.9 Å². The van der Waals surface area contributed by atoms with Gasteiger partial charge in [-0.15, -0.1) is 0 Å². The Kier molecular flexibility index (Phi) is 5.42. The molecular formula is C10H17F3N2OS. The molecule has 0 saturated heterocycles. The molecule has 2 N–H and O–H groups in total. The van der Waals surface area contributed by atoms with Gasteiger partial charge in [0, 0.05) is 11.3 Å². The van der Waals surface area contributed by atoms with Crippen LogP contribution in [-0.4, -0.2) is 36.3 Å². The number of nitrogens with one attached hydrogen (secondary N) is 2. The Balaban J connectivity index is 2.19. The molecule has 100 valence electrons. The van der Waals surface area contributed by atoms with E-state index in [0.717, 1.165) is 25.7 Å². The van der Waals surface area contributed by atoms with E-state index in [-0.39, 0.29) is 6.04 Å². The lowest BCUT2D eigenvalue weighted by molar-refractivity contribution is -0.122. The van der Waals surface area contributed by atoms with Gasteiger partial charge >= 0.3 is 12.2 Å². The molecule has 0 aliphatic heterocycles. The van der Waals surface area contributed by atoms with Crippen LogP contribution in [0.1, 0.15) is 25.7 Å². The number of carbonyl (C=O) groups is 1.